The van der Waals surface area contributed by atoms with Gasteiger partial charge in [0.15, 0.2) is 26.0 Å². The molecule has 0 spiro atoms. The monoisotopic (exact) mass is 1430 g/mol. The predicted octanol–water partition coefficient (Wildman–Crippen LogP) is 19.1. The van der Waals surface area contributed by atoms with Gasteiger partial charge in [0, 0.05) is 0 Å². The maximum Gasteiger partial charge on any atom is 0.279 e. The van der Waals surface area contributed by atoms with Crippen molar-refractivity contribution >= 4 is 257 Å². The topological polar surface area (TPSA) is 9.23 Å². The van der Waals surface area contributed by atoms with Gasteiger partial charge in [-0.1, -0.05) is 417 Å². The second-order valence-corrected chi connectivity index (χ2v) is 38.5. The van der Waals surface area contributed by atoms with Crippen LogP contribution in [0.2, 0.25) is 0 Å². The van der Waals surface area contributed by atoms with Gasteiger partial charge in [-0.15, -0.1) is 0 Å². The number of hydrogen-bond donors (Lipinski definition) is 0. The fourth-order valence-electron chi connectivity index (χ4n) is 9.55. The standard InChI is InChI=1S/C56H52Cl18OSi2/c57-49(58,51(61,62)53(65,66)55(69,70)71)39-23-3-1-9-25-41-27-19-21-37-47(41)76(43-29-11-5-12-30-43,44-31-13-6-14-32-44)75-77(45-33-15-7-16-34-45,46-35-17-8-18-36-46)48-38-22-20-28-42(48)26-10-2-4-24-40-50(59,60)52(63,64)54(67,68)56(72,73)74/h5-8,11-22,27-38H,1-4,9-10,23-26,39-40H2. The summed E-state index contributed by atoms with van der Waals surface area (Å²) >= 11 is 115. The molecule has 0 N–H and O–H groups in total. The summed E-state index contributed by atoms with van der Waals surface area (Å²) in [6.45, 7) is 0. The Kier molecular flexibility index (Phi) is 24.4. The number of benzene rings is 6. The molecular weight excluding hydrogens is 1380 g/mol. The summed E-state index contributed by atoms with van der Waals surface area (Å²) < 4.78 is -8.64. The number of aryl methyl sites for hydroxylation is 2. The first-order chi connectivity index (χ1) is 36.0. The molecule has 0 aromatic heterocycles. The number of hydrogen-bond acceptors (Lipinski definition) is 1. The Bertz CT molecular complexity index is 2520. The Morgan fingerprint density at radius 1 is 0.273 bits per heavy atom. The number of halogens is 18. The van der Waals surface area contributed by atoms with E-state index in [-0.39, 0.29) is 12.8 Å². The first-order valence-corrected chi connectivity index (χ1v) is 35.1. The summed E-state index contributed by atoms with van der Waals surface area (Å²) in [6.07, 6.45) is 7.54. The Morgan fingerprint density at radius 2 is 0.519 bits per heavy atom. The zero-order chi connectivity index (χ0) is 56.6. The fraction of sp³-hybridized carbons (Fsp3) is 0.357. The molecule has 6 aromatic carbocycles. The van der Waals surface area contributed by atoms with Crippen molar-refractivity contribution in [3.05, 3.63) is 181 Å². The quantitative estimate of drug-likeness (QED) is 0.0228. The van der Waals surface area contributed by atoms with Gasteiger partial charge >= 0.3 is 0 Å². The molecule has 1 nitrogen and oxygen atoms in total. The van der Waals surface area contributed by atoms with E-state index in [1.54, 1.807) is 0 Å². The molecule has 0 aliphatic carbocycles. The molecule has 6 rings (SSSR count). The highest BCUT2D eigenvalue weighted by Gasteiger charge is 2.69. The van der Waals surface area contributed by atoms with E-state index >= 15 is 0 Å². The van der Waals surface area contributed by atoms with Gasteiger partial charge < -0.3 is 4.12 Å². The van der Waals surface area contributed by atoms with Crippen LogP contribution in [0.25, 0.3) is 0 Å². The van der Waals surface area contributed by atoms with Crippen LogP contribution in [0.3, 0.4) is 0 Å². The fourth-order valence-corrected chi connectivity index (χ4v) is 25.2. The minimum absolute atomic E-state index is 0.123. The lowest BCUT2D eigenvalue weighted by atomic mass is 10.0. The van der Waals surface area contributed by atoms with E-state index < -0.39 is 50.2 Å². The van der Waals surface area contributed by atoms with Crippen LogP contribution in [0.4, 0.5) is 0 Å². The molecule has 0 amide bonds. The van der Waals surface area contributed by atoms with Gasteiger partial charge in [-0.3, -0.25) is 0 Å². The molecule has 0 unspecified atom stereocenters. The van der Waals surface area contributed by atoms with Gasteiger partial charge in [0.05, 0.1) is 0 Å². The molecule has 416 valence electrons. The van der Waals surface area contributed by atoms with Crippen LogP contribution in [0.15, 0.2) is 170 Å². The molecule has 0 atom stereocenters. The zero-order valence-electron chi connectivity index (χ0n) is 40.9. The summed E-state index contributed by atoms with van der Waals surface area (Å²) in [6, 6.07) is 60.2. The summed E-state index contributed by atoms with van der Waals surface area (Å²) in [5.41, 5.74) is 2.36. The van der Waals surface area contributed by atoms with Crippen molar-refractivity contribution in [3.8, 4) is 0 Å². The predicted molar refractivity (Wildman–Crippen MR) is 350 cm³/mol. The van der Waals surface area contributed by atoms with Crippen molar-refractivity contribution in [1.29, 1.82) is 0 Å². The van der Waals surface area contributed by atoms with Crippen molar-refractivity contribution in [3.63, 3.8) is 0 Å². The Labute approximate surface area is 546 Å². The SMILES string of the molecule is ClC(Cl)(Cl)C(Cl)(Cl)C(Cl)(Cl)C(Cl)(Cl)CCCCCCc1ccccc1[Si](O[Si](c1ccccc1)(c1ccccc1)c1ccccc1CCCCCCC(Cl)(Cl)C(Cl)(Cl)C(Cl)(Cl)C(Cl)(Cl)Cl)(c1ccccc1)c1ccccc1. The maximum atomic E-state index is 8.82. The number of rotatable bonds is 26. The first-order valence-electron chi connectivity index (χ1n) is 24.5. The van der Waals surface area contributed by atoms with Crippen molar-refractivity contribution in [2.75, 3.05) is 0 Å². The van der Waals surface area contributed by atoms with Crippen LogP contribution >= 0.6 is 209 Å². The number of alkyl halides is 18. The van der Waals surface area contributed by atoms with E-state index in [9.17, 15) is 0 Å². The van der Waals surface area contributed by atoms with E-state index in [1.807, 2.05) is 0 Å². The molecule has 0 aliphatic heterocycles. The summed E-state index contributed by atoms with van der Waals surface area (Å²) in [4.78, 5) is 0. The first kappa shape index (κ1) is 67.1. The minimum atomic E-state index is -3.59. The second kappa shape index (κ2) is 28.0. The van der Waals surface area contributed by atoms with Crippen molar-refractivity contribution in [1.82, 2.24) is 0 Å². The largest absolute Gasteiger partial charge is 0.435 e. The van der Waals surface area contributed by atoms with Gasteiger partial charge in [-0.25, -0.2) is 0 Å². The molecule has 0 radical (unpaired) electrons. The van der Waals surface area contributed by atoms with Gasteiger partial charge in [0.25, 0.3) is 16.6 Å². The van der Waals surface area contributed by atoms with E-state index in [0.29, 0.717) is 12.8 Å². The zero-order valence-corrected chi connectivity index (χ0v) is 56.5. The van der Waals surface area contributed by atoms with E-state index in [2.05, 4.69) is 170 Å². The van der Waals surface area contributed by atoms with E-state index in [0.717, 1.165) is 82.5 Å². The maximum absolute atomic E-state index is 8.82. The van der Waals surface area contributed by atoms with Crippen LogP contribution < -0.4 is 31.1 Å². The van der Waals surface area contributed by atoms with Gasteiger partial charge in [0.2, 0.25) is 7.59 Å². The Balaban J connectivity index is 1.40. The number of unbranched alkanes of at least 4 members (excludes halogenated alkanes) is 6. The normalized spacial score (nSPS) is 13.7. The highest BCUT2D eigenvalue weighted by Crippen LogP contribution is 2.64. The van der Waals surface area contributed by atoms with Crippen molar-refractivity contribution < 1.29 is 4.12 Å². The summed E-state index contributed by atoms with van der Waals surface area (Å²) in [5, 5.41) is 6.75. The molecule has 0 saturated heterocycles. The molecule has 0 aliphatic rings. The molecule has 0 bridgehead atoms. The molecule has 6 aromatic rings. The smallest absolute Gasteiger partial charge is 0.279 e. The lowest BCUT2D eigenvalue weighted by Crippen LogP contribution is -2.81. The highest BCUT2D eigenvalue weighted by molar-refractivity contribution is 7.18. The third-order valence-electron chi connectivity index (χ3n) is 13.6. The van der Waals surface area contributed by atoms with Gasteiger partial charge in [0.1, 0.15) is 0 Å². The van der Waals surface area contributed by atoms with Crippen LogP contribution in [-0.2, 0) is 17.0 Å². The minimum Gasteiger partial charge on any atom is -0.435 e. The van der Waals surface area contributed by atoms with Crippen molar-refractivity contribution in [2.24, 2.45) is 0 Å². The Hall–Kier alpha value is 0.934. The van der Waals surface area contributed by atoms with Crippen LogP contribution in [0, 0.1) is 0 Å². The average Bonchev–Trinajstić information content (AvgIpc) is 3.48. The molecule has 77 heavy (non-hydrogen) atoms. The lowest BCUT2D eigenvalue weighted by molar-refractivity contribution is 0.512. The second-order valence-electron chi connectivity index (χ2n) is 18.8. The summed E-state index contributed by atoms with van der Waals surface area (Å²) in [5.74, 6) is 0. The summed E-state index contributed by atoms with van der Waals surface area (Å²) in [7, 11) is -7.18. The molecule has 0 fully saturated rings. The van der Waals surface area contributed by atoms with E-state index in [1.165, 1.54) is 11.1 Å². The Morgan fingerprint density at radius 3 is 0.792 bits per heavy atom. The van der Waals surface area contributed by atoms with Crippen molar-refractivity contribution in [2.45, 2.75) is 111 Å². The van der Waals surface area contributed by atoms with E-state index in [4.69, 9.17) is 213 Å². The van der Waals surface area contributed by atoms with Crippen LogP contribution in [-0.4, -0.2) is 50.2 Å². The van der Waals surface area contributed by atoms with Gasteiger partial charge in [-0.05, 0) is 80.8 Å². The van der Waals surface area contributed by atoms with Crippen LogP contribution in [0.5, 0.6) is 0 Å². The molecule has 21 heteroatoms. The third-order valence-corrected chi connectivity index (χ3v) is 34.1. The third kappa shape index (κ3) is 14.8. The molecular formula is C56H52Cl18OSi2. The van der Waals surface area contributed by atoms with Gasteiger partial charge in [-0.2, -0.15) is 0 Å². The highest BCUT2D eigenvalue weighted by atomic mass is 35.6. The lowest BCUT2D eigenvalue weighted by Gasteiger charge is -2.45. The van der Waals surface area contributed by atoms with Crippen LogP contribution in [0.1, 0.15) is 75.3 Å². The molecule has 0 saturated carbocycles. The average molecular weight is 1440 g/mol. The molecule has 0 heterocycles.